The van der Waals surface area contributed by atoms with Gasteiger partial charge in [0.2, 0.25) is 0 Å². The van der Waals surface area contributed by atoms with Crippen LogP contribution in [0.25, 0.3) is 0 Å². The number of hydrogen-bond acceptors (Lipinski definition) is 3. The Morgan fingerprint density at radius 3 is 2.14 bits per heavy atom. The molecular weight excluding hydrogens is 513 g/mol. The number of benzene rings is 3. The van der Waals surface area contributed by atoms with E-state index in [2.05, 4.69) is 31.9 Å². The molecule has 1 atom stereocenters. The van der Waals surface area contributed by atoms with Gasteiger partial charge in [-0.3, -0.25) is 10.2 Å². The van der Waals surface area contributed by atoms with E-state index >= 15 is 0 Å². The van der Waals surface area contributed by atoms with E-state index in [4.69, 9.17) is 5.41 Å². The lowest BCUT2D eigenvalue weighted by atomic mass is 10.1. The van der Waals surface area contributed by atoms with Gasteiger partial charge in [-0.25, -0.2) is 9.18 Å². The summed E-state index contributed by atoms with van der Waals surface area (Å²) in [5, 5.41) is 16.3. The minimum atomic E-state index is -1.27. The Morgan fingerprint density at radius 1 is 0.886 bits per heavy atom. The standard InChI is InChI=1S/C26H25BrFN5O2/c27-18-9-13-20(14-10-18)31-26(35)32-23(21-5-1-2-6-22(21)28)25(34)30-19-11-7-17(8-12-19)24(29)33-15-3-4-16-33/h1-2,5-14,23,29H,3-4,15-16H2,(H,30,34)(H2,31,32,35). The Bertz CT molecular complexity index is 1210. The van der Waals surface area contributed by atoms with Crippen LogP contribution in [0.4, 0.5) is 20.6 Å². The van der Waals surface area contributed by atoms with Crippen molar-refractivity contribution in [3.8, 4) is 0 Å². The first kappa shape index (κ1) is 24.4. The molecule has 1 aliphatic rings. The van der Waals surface area contributed by atoms with E-state index in [1.54, 1.807) is 54.6 Å². The summed E-state index contributed by atoms with van der Waals surface area (Å²) in [6, 6.07) is 17.7. The average molecular weight is 538 g/mol. The topological polar surface area (TPSA) is 97.3 Å². The van der Waals surface area contributed by atoms with Crippen LogP contribution < -0.4 is 16.0 Å². The van der Waals surface area contributed by atoms with Crippen molar-refractivity contribution in [3.05, 3.63) is 94.2 Å². The maximum atomic E-state index is 14.6. The fraction of sp³-hybridized carbons (Fsp3) is 0.192. The van der Waals surface area contributed by atoms with Crippen molar-refractivity contribution in [2.75, 3.05) is 23.7 Å². The van der Waals surface area contributed by atoms with Gasteiger partial charge in [0.05, 0.1) is 0 Å². The van der Waals surface area contributed by atoms with Crippen molar-refractivity contribution in [1.82, 2.24) is 10.2 Å². The number of rotatable bonds is 6. The third kappa shape index (κ3) is 6.24. The van der Waals surface area contributed by atoms with Crippen LogP contribution in [0.5, 0.6) is 0 Å². The van der Waals surface area contributed by atoms with Crippen LogP contribution in [0.15, 0.2) is 77.3 Å². The van der Waals surface area contributed by atoms with E-state index in [0.29, 0.717) is 17.2 Å². The second-order valence-corrected chi connectivity index (χ2v) is 9.08. The van der Waals surface area contributed by atoms with Crippen LogP contribution in [-0.4, -0.2) is 35.8 Å². The lowest BCUT2D eigenvalue weighted by Crippen LogP contribution is -2.39. The largest absolute Gasteiger partial charge is 0.357 e. The number of nitrogens with one attached hydrogen (secondary N) is 4. The molecular formula is C26H25BrFN5O2. The maximum absolute atomic E-state index is 14.6. The molecule has 3 amide bonds. The number of urea groups is 1. The van der Waals surface area contributed by atoms with Crippen molar-refractivity contribution >= 4 is 45.1 Å². The average Bonchev–Trinajstić information content (AvgIpc) is 3.40. The Balaban J connectivity index is 1.48. The van der Waals surface area contributed by atoms with Gasteiger partial charge in [-0.15, -0.1) is 0 Å². The highest BCUT2D eigenvalue weighted by Gasteiger charge is 2.26. The van der Waals surface area contributed by atoms with Crippen molar-refractivity contribution < 1.29 is 14.0 Å². The zero-order chi connectivity index (χ0) is 24.8. The third-order valence-corrected chi connectivity index (χ3v) is 6.23. The molecule has 4 rings (SSSR count). The van der Waals surface area contributed by atoms with E-state index < -0.39 is 23.8 Å². The smallest absolute Gasteiger partial charge is 0.320 e. The van der Waals surface area contributed by atoms with Crippen molar-refractivity contribution in [1.29, 1.82) is 5.41 Å². The number of likely N-dealkylation sites (tertiary alicyclic amines) is 1. The van der Waals surface area contributed by atoms with E-state index in [1.165, 1.54) is 18.2 Å². The Morgan fingerprint density at radius 2 is 1.49 bits per heavy atom. The fourth-order valence-electron chi connectivity index (χ4n) is 3.87. The lowest BCUT2D eigenvalue weighted by Gasteiger charge is -2.21. The Labute approximate surface area is 211 Å². The molecule has 1 saturated heterocycles. The van der Waals surface area contributed by atoms with Crippen LogP contribution >= 0.6 is 15.9 Å². The second-order valence-electron chi connectivity index (χ2n) is 8.17. The van der Waals surface area contributed by atoms with E-state index in [0.717, 1.165) is 36.0 Å². The van der Waals surface area contributed by atoms with E-state index in [9.17, 15) is 14.0 Å². The third-order valence-electron chi connectivity index (χ3n) is 5.70. The van der Waals surface area contributed by atoms with Gasteiger partial charge in [-0.1, -0.05) is 34.1 Å². The molecule has 1 unspecified atom stereocenters. The van der Waals surface area contributed by atoms with Crippen molar-refractivity contribution in [2.24, 2.45) is 0 Å². The van der Waals surface area contributed by atoms with Gasteiger partial charge in [0.1, 0.15) is 17.7 Å². The van der Waals surface area contributed by atoms with Gasteiger partial charge < -0.3 is 20.9 Å². The Hall–Kier alpha value is -3.72. The lowest BCUT2D eigenvalue weighted by molar-refractivity contribution is -0.118. The molecule has 3 aromatic carbocycles. The summed E-state index contributed by atoms with van der Waals surface area (Å²) < 4.78 is 15.4. The molecule has 0 aliphatic carbocycles. The molecule has 0 bridgehead atoms. The number of carbonyl (C=O) groups excluding carboxylic acids is 2. The first-order valence-electron chi connectivity index (χ1n) is 11.2. The van der Waals surface area contributed by atoms with Gasteiger partial charge in [-0.2, -0.15) is 0 Å². The van der Waals surface area contributed by atoms with Crippen LogP contribution in [0.2, 0.25) is 0 Å². The first-order valence-corrected chi connectivity index (χ1v) is 12.0. The normalized spacial score (nSPS) is 13.7. The molecule has 1 aliphatic heterocycles. The molecule has 0 radical (unpaired) electrons. The van der Waals surface area contributed by atoms with Crippen LogP contribution in [0.3, 0.4) is 0 Å². The highest BCUT2D eigenvalue weighted by Crippen LogP contribution is 2.21. The highest BCUT2D eigenvalue weighted by molar-refractivity contribution is 9.10. The molecule has 35 heavy (non-hydrogen) atoms. The zero-order valence-electron chi connectivity index (χ0n) is 18.9. The molecule has 3 aromatic rings. The first-order chi connectivity index (χ1) is 16.9. The molecule has 1 fully saturated rings. The predicted molar refractivity (Wildman–Crippen MR) is 138 cm³/mol. The van der Waals surface area contributed by atoms with Gasteiger partial charge >= 0.3 is 6.03 Å². The minimum absolute atomic E-state index is 0.0448. The van der Waals surface area contributed by atoms with Crippen LogP contribution in [-0.2, 0) is 4.79 Å². The van der Waals surface area contributed by atoms with Crippen LogP contribution in [0, 0.1) is 11.2 Å². The number of amides is 3. The number of carbonyl (C=O) groups is 2. The van der Waals surface area contributed by atoms with E-state index in [-0.39, 0.29) is 5.56 Å². The molecule has 9 heteroatoms. The summed E-state index contributed by atoms with van der Waals surface area (Å²) in [6.45, 7) is 1.74. The number of halogens is 2. The fourth-order valence-corrected chi connectivity index (χ4v) is 4.14. The number of anilines is 2. The summed E-state index contributed by atoms with van der Waals surface area (Å²) in [7, 11) is 0. The summed E-state index contributed by atoms with van der Waals surface area (Å²) in [4.78, 5) is 27.8. The molecule has 180 valence electrons. The summed E-state index contributed by atoms with van der Waals surface area (Å²) in [5.41, 5.74) is 1.80. The molecule has 0 aromatic heterocycles. The van der Waals surface area contributed by atoms with Crippen molar-refractivity contribution in [3.63, 3.8) is 0 Å². The SMILES string of the molecule is N=C(c1ccc(NC(=O)C(NC(=O)Nc2ccc(Br)cc2)c2ccccc2F)cc1)N1CCCC1. The van der Waals surface area contributed by atoms with Gasteiger partial charge in [0.25, 0.3) is 5.91 Å². The summed E-state index contributed by atoms with van der Waals surface area (Å²) >= 11 is 3.33. The zero-order valence-corrected chi connectivity index (χ0v) is 20.4. The Kier molecular flexibility index (Phi) is 7.77. The molecule has 0 saturated carbocycles. The summed E-state index contributed by atoms with van der Waals surface area (Å²) in [5.74, 6) is -0.745. The quantitative estimate of drug-likeness (QED) is 0.246. The second kappa shape index (κ2) is 11.1. The van der Waals surface area contributed by atoms with E-state index in [1.807, 2.05) is 4.90 Å². The number of nitrogens with zero attached hydrogens (tertiary/aromatic N) is 1. The molecule has 7 nitrogen and oxygen atoms in total. The summed E-state index contributed by atoms with van der Waals surface area (Å²) in [6.07, 6.45) is 2.16. The molecule has 4 N–H and O–H groups in total. The minimum Gasteiger partial charge on any atom is -0.357 e. The monoisotopic (exact) mass is 537 g/mol. The van der Waals surface area contributed by atoms with Gasteiger partial charge in [0.15, 0.2) is 0 Å². The van der Waals surface area contributed by atoms with Gasteiger partial charge in [0, 0.05) is 40.1 Å². The van der Waals surface area contributed by atoms with Crippen molar-refractivity contribution in [2.45, 2.75) is 18.9 Å². The highest BCUT2D eigenvalue weighted by atomic mass is 79.9. The number of amidine groups is 1. The predicted octanol–water partition coefficient (Wildman–Crippen LogP) is 5.51. The molecule has 0 spiro atoms. The maximum Gasteiger partial charge on any atom is 0.320 e. The van der Waals surface area contributed by atoms with Gasteiger partial charge in [-0.05, 0) is 67.4 Å². The van der Waals surface area contributed by atoms with Crippen LogP contribution in [0.1, 0.15) is 30.0 Å². The molecule has 1 heterocycles. The number of hydrogen-bond donors (Lipinski definition) is 4.